The van der Waals surface area contributed by atoms with Crippen molar-refractivity contribution in [2.75, 3.05) is 7.11 Å². The average molecular weight is 182 g/mol. The van der Waals surface area contributed by atoms with Crippen LogP contribution in [0, 0.1) is 10.1 Å². The maximum absolute atomic E-state index is 10.4. The van der Waals surface area contributed by atoms with Gasteiger partial charge in [-0.3, -0.25) is 10.1 Å². The second-order valence-corrected chi connectivity index (χ2v) is 2.46. The highest BCUT2D eigenvalue weighted by molar-refractivity contribution is 5.43. The Morgan fingerprint density at radius 1 is 1.62 bits per heavy atom. The SMILES string of the molecule is COc1ccc([N+](=O)[O-])cc1CN. The van der Waals surface area contributed by atoms with Gasteiger partial charge in [-0.1, -0.05) is 0 Å². The number of non-ortho nitro benzene ring substituents is 1. The average Bonchev–Trinajstić information content (AvgIpc) is 2.16. The van der Waals surface area contributed by atoms with Crippen LogP contribution in [0.5, 0.6) is 5.75 Å². The summed E-state index contributed by atoms with van der Waals surface area (Å²) in [6.45, 7) is 0.227. The van der Waals surface area contributed by atoms with Crippen LogP contribution < -0.4 is 10.5 Å². The summed E-state index contributed by atoms with van der Waals surface area (Å²) in [5.74, 6) is 0.577. The van der Waals surface area contributed by atoms with Crippen molar-refractivity contribution in [2.24, 2.45) is 5.73 Å². The van der Waals surface area contributed by atoms with Gasteiger partial charge in [0.05, 0.1) is 12.0 Å². The van der Waals surface area contributed by atoms with Crippen LogP contribution in [-0.4, -0.2) is 12.0 Å². The van der Waals surface area contributed by atoms with Crippen molar-refractivity contribution in [1.82, 2.24) is 0 Å². The molecule has 0 saturated carbocycles. The Hall–Kier alpha value is -1.62. The van der Waals surface area contributed by atoms with Gasteiger partial charge in [0.15, 0.2) is 0 Å². The minimum absolute atomic E-state index is 0.0289. The number of benzene rings is 1. The van der Waals surface area contributed by atoms with Crippen LogP contribution in [0.15, 0.2) is 18.2 Å². The second-order valence-electron chi connectivity index (χ2n) is 2.46. The first kappa shape index (κ1) is 9.47. The molecular formula is C8H10N2O3. The number of nitrogens with two attached hydrogens (primary N) is 1. The smallest absolute Gasteiger partial charge is 0.270 e. The van der Waals surface area contributed by atoms with E-state index in [1.54, 1.807) is 6.07 Å². The third-order valence-electron chi connectivity index (χ3n) is 1.69. The van der Waals surface area contributed by atoms with E-state index >= 15 is 0 Å². The van der Waals surface area contributed by atoms with Gasteiger partial charge in [-0.25, -0.2) is 0 Å². The molecular weight excluding hydrogens is 172 g/mol. The number of nitro benzene ring substituents is 1. The number of rotatable bonds is 3. The second kappa shape index (κ2) is 3.86. The van der Waals surface area contributed by atoms with E-state index in [9.17, 15) is 10.1 Å². The fraction of sp³-hybridized carbons (Fsp3) is 0.250. The van der Waals surface area contributed by atoms with E-state index in [1.807, 2.05) is 0 Å². The molecule has 0 unspecified atom stereocenters. The van der Waals surface area contributed by atoms with Gasteiger partial charge in [0.1, 0.15) is 5.75 Å². The van der Waals surface area contributed by atoms with E-state index in [1.165, 1.54) is 19.2 Å². The van der Waals surface area contributed by atoms with Gasteiger partial charge in [0.25, 0.3) is 5.69 Å². The highest BCUT2D eigenvalue weighted by Gasteiger charge is 2.09. The molecule has 0 saturated heterocycles. The maximum atomic E-state index is 10.4. The predicted molar refractivity (Wildman–Crippen MR) is 47.5 cm³/mol. The summed E-state index contributed by atoms with van der Waals surface area (Å²) in [5, 5.41) is 10.4. The fourth-order valence-electron chi connectivity index (χ4n) is 1.04. The third kappa shape index (κ3) is 1.94. The van der Waals surface area contributed by atoms with Gasteiger partial charge in [0, 0.05) is 24.2 Å². The monoisotopic (exact) mass is 182 g/mol. The molecule has 0 aliphatic carbocycles. The highest BCUT2D eigenvalue weighted by atomic mass is 16.6. The molecule has 70 valence electrons. The van der Waals surface area contributed by atoms with Crippen LogP contribution >= 0.6 is 0 Å². The highest BCUT2D eigenvalue weighted by Crippen LogP contribution is 2.22. The Balaban J connectivity index is 3.13. The lowest BCUT2D eigenvalue weighted by Crippen LogP contribution is -2.00. The van der Waals surface area contributed by atoms with Crippen molar-refractivity contribution >= 4 is 5.69 Å². The number of hydrogen-bond acceptors (Lipinski definition) is 4. The van der Waals surface area contributed by atoms with E-state index < -0.39 is 4.92 Å². The summed E-state index contributed by atoms with van der Waals surface area (Å²) < 4.78 is 4.97. The number of ether oxygens (including phenoxy) is 1. The normalized spacial score (nSPS) is 9.69. The summed E-state index contributed by atoms with van der Waals surface area (Å²) >= 11 is 0. The first-order valence-corrected chi connectivity index (χ1v) is 3.70. The van der Waals surface area contributed by atoms with Crippen molar-refractivity contribution in [3.63, 3.8) is 0 Å². The molecule has 0 aliphatic heterocycles. The predicted octanol–water partition coefficient (Wildman–Crippen LogP) is 1.06. The number of nitro groups is 1. The van der Waals surface area contributed by atoms with Crippen LogP contribution in [0.25, 0.3) is 0 Å². The minimum Gasteiger partial charge on any atom is -0.496 e. The molecule has 5 heteroatoms. The number of hydrogen-bond donors (Lipinski definition) is 1. The standard InChI is InChI=1S/C8H10N2O3/c1-13-8-3-2-7(10(11)12)4-6(8)5-9/h2-4H,5,9H2,1H3. The zero-order valence-corrected chi connectivity index (χ0v) is 7.19. The van der Waals surface area contributed by atoms with Crippen LogP contribution in [0.4, 0.5) is 5.69 Å². The Labute approximate surface area is 75.3 Å². The lowest BCUT2D eigenvalue weighted by Gasteiger charge is -2.04. The Bertz CT molecular complexity index is 325. The van der Waals surface area contributed by atoms with E-state index in [4.69, 9.17) is 10.5 Å². The first-order chi connectivity index (χ1) is 6.19. The molecule has 0 heterocycles. The third-order valence-corrected chi connectivity index (χ3v) is 1.69. The summed E-state index contributed by atoms with van der Waals surface area (Å²) in [5.41, 5.74) is 6.06. The number of nitrogens with zero attached hydrogens (tertiary/aromatic N) is 1. The van der Waals surface area contributed by atoms with Crippen LogP contribution in [0.3, 0.4) is 0 Å². The zero-order valence-electron chi connectivity index (χ0n) is 7.19. The van der Waals surface area contributed by atoms with Crippen molar-refractivity contribution in [3.05, 3.63) is 33.9 Å². The van der Waals surface area contributed by atoms with Gasteiger partial charge in [-0.15, -0.1) is 0 Å². The van der Waals surface area contributed by atoms with Crippen molar-refractivity contribution in [3.8, 4) is 5.75 Å². The molecule has 1 aromatic carbocycles. The summed E-state index contributed by atoms with van der Waals surface area (Å²) in [4.78, 5) is 9.93. The molecule has 0 bridgehead atoms. The molecule has 1 aromatic rings. The van der Waals surface area contributed by atoms with Crippen LogP contribution in [0.2, 0.25) is 0 Å². The largest absolute Gasteiger partial charge is 0.496 e. The van der Waals surface area contributed by atoms with E-state index in [0.717, 1.165) is 0 Å². The molecule has 0 atom stereocenters. The van der Waals surface area contributed by atoms with Gasteiger partial charge >= 0.3 is 0 Å². The molecule has 1 rings (SSSR count). The topological polar surface area (TPSA) is 78.4 Å². The van der Waals surface area contributed by atoms with Crippen LogP contribution in [0.1, 0.15) is 5.56 Å². The molecule has 13 heavy (non-hydrogen) atoms. The van der Waals surface area contributed by atoms with Crippen molar-refractivity contribution in [1.29, 1.82) is 0 Å². The Kier molecular flexibility index (Phi) is 2.81. The van der Waals surface area contributed by atoms with E-state index in [0.29, 0.717) is 11.3 Å². The maximum Gasteiger partial charge on any atom is 0.270 e. The lowest BCUT2D eigenvalue weighted by atomic mass is 10.2. The van der Waals surface area contributed by atoms with Gasteiger partial charge in [0.2, 0.25) is 0 Å². The van der Waals surface area contributed by atoms with Crippen LogP contribution in [-0.2, 0) is 6.54 Å². The molecule has 0 amide bonds. The van der Waals surface area contributed by atoms with Gasteiger partial charge < -0.3 is 10.5 Å². The number of methoxy groups -OCH3 is 1. The molecule has 0 radical (unpaired) electrons. The molecule has 0 fully saturated rings. The minimum atomic E-state index is -0.460. The Morgan fingerprint density at radius 2 is 2.31 bits per heavy atom. The van der Waals surface area contributed by atoms with Gasteiger partial charge in [-0.05, 0) is 6.07 Å². The molecule has 5 nitrogen and oxygen atoms in total. The van der Waals surface area contributed by atoms with Crippen molar-refractivity contribution < 1.29 is 9.66 Å². The molecule has 2 N–H and O–H groups in total. The fourth-order valence-corrected chi connectivity index (χ4v) is 1.04. The summed E-state index contributed by atoms with van der Waals surface area (Å²) in [7, 11) is 1.50. The van der Waals surface area contributed by atoms with E-state index in [-0.39, 0.29) is 12.2 Å². The van der Waals surface area contributed by atoms with Gasteiger partial charge in [-0.2, -0.15) is 0 Å². The summed E-state index contributed by atoms with van der Waals surface area (Å²) in [6, 6.07) is 4.34. The molecule has 0 aliphatic rings. The van der Waals surface area contributed by atoms with Crippen molar-refractivity contribution in [2.45, 2.75) is 6.54 Å². The zero-order chi connectivity index (χ0) is 9.84. The molecule has 0 aromatic heterocycles. The first-order valence-electron chi connectivity index (χ1n) is 3.70. The quantitative estimate of drug-likeness (QED) is 0.560. The summed E-state index contributed by atoms with van der Waals surface area (Å²) in [6.07, 6.45) is 0. The Morgan fingerprint density at radius 3 is 2.77 bits per heavy atom. The molecule has 0 spiro atoms. The lowest BCUT2D eigenvalue weighted by molar-refractivity contribution is -0.384. The van der Waals surface area contributed by atoms with E-state index in [2.05, 4.69) is 0 Å².